The van der Waals surface area contributed by atoms with Crippen molar-refractivity contribution in [1.82, 2.24) is 14.4 Å². The van der Waals surface area contributed by atoms with E-state index in [0.717, 1.165) is 4.88 Å². The van der Waals surface area contributed by atoms with Crippen LogP contribution in [-0.4, -0.2) is 27.4 Å². The van der Waals surface area contributed by atoms with Gasteiger partial charge in [-0.2, -0.15) is 0 Å². The lowest BCUT2D eigenvalue weighted by Gasteiger charge is -2.07. The standard InChI is InChI=1S/C18H14N4O2S/c1-24-13-7-5-12(6-8-13)17(23)21-16-15(14-4-2-11-25-14)20-18-19-9-3-10-22(16)18/h2-11H,1H3,(H,21,23). The van der Waals surface area contributed by atoms with Crippen molar-refractivity contribution in [1.29, 1.82) is 0 Å². The molecular formula is C18H14N4O2S. The number of hydrogen-bond acceptors (Lipinski definition) is 5. The number of ether oxygens (including phenoxy) is 1. The van der Waals surface area contributed by atoms with Crippen LogP contribution in [0, 0.1) is 0 Å². The Bertz CT molecular complexity index is 1020. The Kier molecular flexibility index (Phi) is 3.91. The van der Waals surface area contributed by atoms with Crippen LogP contribution in [0.4, 0.5) is 5.82 Å². The number of carbonyl (C=O) groups is 1. The van der Waals surface area contributed by atoms with Crippen molar-refractivity contribution in [2.45, 2.75) is 0 Å². The van der Waals surface area contributed by atoms with E-state index in [2.05, 4.69) is 15.3 Å². The van der Waals surface area contributed by atoms with Gasteiger partial charge in [0.25, 0.3) is 5.91 Å². The SMILES string of the molecule is COc1ccc(C(=O)Nc2c(-c3cccs3)nc3ncccn23)cc1. The van der Waals surface area contributed by atoms with Gasteiger partial charge in [0.05, 0.1) is 12.0 Å². The molecule has 7 heteroatoms. The highest BCUT2D eigenvalue weighted by atomic mass is 32.1. The summed E-state index contributed by atoms with van der Waals surface area (Å²) in [5, 5.41) is 4.94. The number of carbonyl (C=O) groups excluding carboxylic acids is 1. The van der Waals surface area contributed by atoms with Crippen molar-refractivity contribution in [3.8, 4) is 16.3 Å². The third-order valence-corrected chi connectivity index (χ3v) is 4.62. The van der Waals surface area contributed by atoms with E-state index in [4.69, 9.17) is 4.74 Å². The van der Waals surface area contributed by atoms with Gasteiger partial charge in [-0.25, -0.2) is 9.97 Å². The second-order valence-electron chi connectivity index (χ2n) is 5.26. The normalized spacial score (nSPS) is 10.8. The topological polar surface area (TPSA) is 68.5 Å². The molecule has 6 nitrogen and oxygen atoms in total. The van der Waals surface area contributed by atoms with Crippen molar-refractivity contribution >= 4 is 28.8 Å². The van der Waals surface area contributed by atoms with E-state index in [1.807, 2.05) is 23.7 Å². The van der Waals surface area contributed by atoms with Gasteiger partial charge in [-0.1, -0.05) is 6.07 Å². The minimum absolute atomic E-state index is 0.217. The summed E-state index contributed by atoms with van der Waals surface area (Å²) in [6.45, 7) is 0. The van der Waals surface area contributed by atoms with E-state index in [1.165, 1.54) is 0 Å². The number of benzene rings is 1. The first-order chi connectivity index (χ1) is 12.3. The van der Waals surface area contributed by atoms with E-state index >= 15 is 0 Å². The quantitative estimate of drug-likeness (QED) is 0.609. The molecule has 0 atom stereocenters. The van der Waals surface area contributed by atoms with Crippen LogP contribution in [0.2, 0.25) is 0 Å². The number of thiophene rings is 1. The Morgan fingerprint density at radius 2 is 2.04 bits per heavy atom. The van der Waals surface area contributed by atoms with Gasteiger partial charge in [0.1, 0.15) is 17.3 Å². The highest BCUT2D eigenvalue weighted by Crippen LogP contribution is 2.31. The summed E-state index contributed by atoms with van der Waals surface area (Å²) in [5.74, 6) is 1.63. The fourth-order valence-electron chi connectivity index (χ4n) is 2.51. The van der Waals surface area contributed by atoms with E-state index < -0.39 is 0 Å². The summed E-state index contributed by atoms with van der Waals surface area (Å²) in [6.07, 6.45) is 3.51. The zero-order valence-corrected chi connectivity index (χ0v) is 14.2. The van der Waals surface area contributed by atoms with Crippen molar-refractivity contribution in [2.75, 3.05) is 12.4 Å². The average molecular weight is 350 g/mol. The average Bonchev–Trinajstić information content (AvgIpc) is 3.30. The molecule has 25 heavy (non-hydrogen) atoms. The molecule has 3 aromatic heterocycles. The maximum absolute atomic E-state index is 12.7. The fourth-order valence-corrected chi connectivity index (χ4v) is 3.23. The van der Waals surface area contributed by atoms with Gasteiger partial charge in [-0.05, 0) is 41.8 Å². The number of hydrogen-bond donors (Lipinski definition) is 1. The molecule has 4 rings (SSSR count). The minimum Gasteiger partial charge on any atom is -0.497 e. The maximum Gasteiger partial charge on any atom is 0.256 e. The number of nitrogens with one attached hydrogen (secondary N) is 1. The molecule has 1 aromatic carbocycles. The maximum atomic E-state index is 12.7. The van der Waals surface area contributed by atoms with Crippen molar-refractivity contribution in [3.63, 3.8) is 0 Å². The molecule has 0 aliphatic rings. The Morgan fingerprint density at radius 1 is 1.20 bits per heavy atom. The zero-order valence-electron chi connectivity index (χ0n) is 13.3. The van der Waals surface area contributed by atoms with Crippen LogP contribution in [0.3, 0.4) is 0 Å². The summed E-state index contributed by atoms with van der Waals surface area (Å²) < 4.78 is 6.90. The van der Waals surface area contributed by atoms with Gasteiger partial charge < -0.3 is 10.1 Å². The van der Waals surface area contributed by atoms with Gasteiger partial charge in [0.15, 0.2) is 0 Å². The van der Waals surface area contributed by atoms with E-state index in [0.29, 0.717) is 28.6 Å². The molecule has 1 N–H and O–H groups in total. The number of methoxy groups -OCH3 is 1. The van der Waals surface area contributed by atoms with Crippen LogP contribution >= 0.6 is 11.3 Å². The fraction of sp³-hybridized carbons (Fsp3) is 0.0556. The monoisotopic (exact) mass is 350 g/mol. The molecule has 124 valence electrons. The molecule has 0 aliphatic carbocycles. The number of anilines is 1. The Morgan fingerprint density at radius 3 is 2.76 bits per heavy atom. The number of rotatable bonds is 4. The van der Waals surface area contributed by atoms with Crippen LogP contribution in [0.5, 0.6) is 5.75 Å². The molecule has 0 saturated heterocycles. The summed E-state index contributed by atoms with van der Waals surface area (Å²) in [5.41, 5.74) is 1.24. The van der Waals surface area contributed by atoms with Crippen LogP contribution in [0.15, 0.2) is 60.2 Å². The zero-order chi connectivity index (χ0) is 17.2. The number of amides is 1. The first kappa shape index (κ1) is 15.3. The van der Waals surface area contributed by atoms with Gasteiger partial charge >= 0.3 is 0 Å². The number of aromatic nitrogens is 3. The van der Waals surface area contributed by atoms with Crippen molar-refractivity contribution in [3.05, 3.63) is 65.8 Å². The van der Waals surface area contributed by atoms with Gasteiger partial charge in [-0.15, -0.1) is 11.3 Å². The predicted molar refractivity (Wildman–Crippen MR) is 97.2 cm³/mol. The second-order valence-corrected chi connectivity index (χ2v) is 6.21. The first-order valence-corrected chi connectivity index (χ1v) is 8.46. The summed E-state index contributed by atoms with van der Waals surface area (Å²) in [7, 11) is 1.59. The lowest BCUT2D eigenvalue weighted by molar-refractivity contribution is 0.102. The van der Waals surface area contributed by atoms with Crippen LogP contribution in [0.25, 0.3) is 16.3 Å². The largest absolute Gasteiger partial charge is 0.497 e. The molecular weight excluding hydrogens is 336 g/mol. The molecule has 4 aromatic rings. The summed E-state index contributed by atoms with van der Waals surface area (Å²) >= 11 is 1.56. The van der Waals surface area contributed by atoms with E-state index in [9.17, 15) is 4.79 Å². The Hall–Kier alpha value is -3.19. The second kappa shape index (κ2) is 6.37. The Labute approximate surface area is 147 Å². The smallest absolute Gasteiger partial charge is 0.256 e. The molecule has 0 spiro atoms. The third-order valence-electron chi connectivity index (χ3n) is 3.74. The third kappa shape index (κ3) is 2.85. The van der Waals surface area contributed by atoms with Gasteiger partial charge in [-0.3, -0.25) is 9.20 Å². The number of fused-ring (bicyclic) bond motifs is 1. The lowest BCUT2D eigenvalue weighted by atomic mass is 10.2. The predicted octanol–water partition coefficient (Wildman–Crippen LogP) is 3.72. The van der Waals surface area contributed by atoms with Crippen molar-refractivity contribution in [2.24, 2.45) is 0 Å². The van der Waals surface area contributed by atoms with Gasteiger partial charge in [0, 0.05) is 18.0 Å². The lowest BCUT2D eigenvalue weighted by Crippen LogP contribution is -2.14. The molecule has 1 amide bonds. The molecule has 0 fully saturated rings. The highest BCUT2D eigenvalue weighted by molar-refractivity contribution is 7.13. The minimum atomic E-state index is -0.217. The number of imidazole rings is 1. The first-order valence-electron chi connectivity index (χ1n) is 7.58. The van der Waals surface area contributed by atoms with Gasteiger partial charge in [0.2, 0.25) is 5.78 Å². The highest BCUT2D eigenvalue weighted by Gasteiger charge is 2.18. The molecule has 3 heterocycles. The molecule has 0 radical (unpaired) electrons. The Balaban J connectivity index is 1.74. The number of nitrogens with zero attached hydrogens (tertiary/aromatic N) is 3. The molecule has 0 unspecified atom stereocenters. The molecule has 0 aliphatic heterocycles. The van der Waals surface area contributed by atoms with Crippen LogP contribution in [-0.2, 0) is 0 Å². The molecule has 0 bridgehead atoms. The van der Waals surface area contributed by atoms with Crippen LogP contribution in [0.1, 0.15) is 10.4 Å². The molecule has 0 saturated carbocycles. The van der Waals surface area contributed by atoms with E-state index in [-0.39, 0.29) is 5.91 Å². The van der Waals surface area contributed by atoms with E-state index in [1.54, 1.807) is 59.4 Å². The summed E-state index contributed by atoms with van der Waals surface area (Å²) in [6, 6.07) is 12.7. The van der Waals surface area contributed by atoms with Crippen molar-refractivity contribution < 1.29 is 9.53 Å². The summed E-state index contributed by atoms with van der Waals surface area (Å²) in [4.78, 5) is 22.5. The van der Waals surface area contributed by atoms with Crippen LogP contribution < -0.4 is 10.1 Å².